The number of hydrogen-bond acceptors (Lipinski definition) is 2. The molecule has 0 N–H and O–H groups in total. The number of rotatable bonds is 4. The SMILES string of the molecule is ClCc1nc2cc(Br)cnc2n1CC1(C2CC2)CC1. The molecule has 0 atom stereocenters. The lowest BCUT2D eigenvalue weighted by atomic mass is 10.0. The van der Waals surface area contributed by atoms with Gasteiger partial charge in [-0.3, -0.25) is 0 Å². The highest BCUT2D eigenvalue weighted by molar-refractivity contribution is 9.10. The second-order valence-corrected chi connectivity index (χ2v) is 7.06. The van der Waals surface area contributed by atoms with Crippen molar-refractivity contribution in [1.29, 1.82) is 0 Å². The first-order chi connectivity index (χ1) is 9.22. The molecule has 0 saturated heterocycles. The molecule has 2 aromatic heterocycles. The van der Waals surface area contributed by atoms with Gasteiger partial charge >= 0.3 is 0 Å². The monoisotopic (exact) mass is 339 g/mol. The maximum atomic E-state index is 6.06. The van der Waals surface area contributed by atoms with Gasteiger partial charge in [0.15, 0.2) is 5.65 Å². The number of imidazole rings is 1. The first kappa shape index (κ1) is 12.2. The molecule has 5 heteroatoms. The van der Waals surface area contributed by atoms with Gasteiger partial charge in [0.25, 0.3) is 0 Å². The van der Waals surface area contributed by atoms with Gasteiger partial charge in [0, 0.05) is 17.2 Å². The Morgan fingerprint density at radius 3 is 2.84 bits per heavy atom. The van der Waals surface area contributed by atoms with Crippen molar-refractivity contribution in [1.82, 2.24) is 14.5 Å². The van der Waals surface area contributed by atoms with Crippen molar-refractivity contribution in [2.45, 2.75) is 38.1 Å². The number of aromatic nitrogens is 3. The maximum Gasteiger partial charge on any atom is 0.160 e. The summed E-state index contributed by atoms with van der Waals surface area (Å²) in [6, 6.07) is 2.02. The largest absolute Gasteiger partial charge is 0.311 e. The number of pyridine rings is 1. The van der Waals surface area contributed by atoms with E-state index >= 15 is 0 Å². The summed E-state index contributed by atoms with van der Waals surface area (Å²) in [6.07, 6.45) is 7.37. The van der Waals surface area contributed by atoms with E-state index < -0.39 is 0 Å². The molecule has 0 spiro atoms. The fourth-order valence-electron chi connectivity index (χ4n) is 3.17. The second kappa shape index (κ2) is 4.19. The highest BCUT2D eigenvalue weighted by Gasteiger charge is 2.54. The molecule has 0 radical (unpaired) electrons. The summed E-state index contributed by atoms with van der Waals surface area (Å²) < 4.78 is 3.22. The molecule has 2 heterocycles. The molecule has 2 aromatic rings. The van der Waals surface area contributed by atoms with Crippen molar-refractivity contribution >= 4 is 38.7 Å². The lowest BCUT2D eigenvalue weighted by Gasteiger charge is -2.16. The van der Waals surface area contributed by atoms with Crippen LogP contribution in [-0.4, -0.2) is 14.5 Å². The van der Waals surface area contributed by atoms with Crippen LogP contribution in [0.2, 0.25) is 0 Å². The molecule has 2 saturated carbocycles. The van der Waals surface area contributed by atoms with Crippen molar-refractivity contribution in [3.8, 4) is 0 Å². The van der Waals surface area contributed by atoms with E-state index in [-0.39, 0.29) is 0 Å². The van der Waals surface area contributed by atoms with Gasteiger partial charge in [-0.25, -0.2) is 9.97 Å². The van der Waals surface area contributed by atoms with Gasteiger partial charge in [0.05, 0.1) is 5.88 Å². The van der Waals surface area contributed by atoms with E-state index in [2.05, 4.69) is 30.5 Å². The zero-order valence-corrected chi connectivity index (χ0v) is 12.9. The van der Waals surface area contributed by atoms with E-state index in [0.717, 1.165) is 33.9 Å². The lowest BCUT2D eigenvalue weighted by Crippen LogP contribution is -2.16. The van der Waals surface area contributed by atoms with Crippen LogP contribution in [0.25, 0.3) is 11.2 Å². The van der Waals surface area contributed by atoms with E-state index in [0.29, 0.717) is 11.3 Å². The molecule has 2 aliphatic carbocycles. The van der Waals surface area contributed by atoms with Gasteiger partial charge < -0.3 is 4.57 Å². The topological polar surface area (TPSA) is 30.7 Å². The van der Waals surface area contributed by atoms with Gasteiger partial charge in [-0.15, -0.1) is 11.6 Å². The lowest BCUT2D eigenvalue weighted by molar-refractivity contribution is 0.370. The van der Waals surface area contributed by atoms with Crippen LogP contribution < -0.4 is 0 Å². The Balaban J connectivity index is 1.78. The summed E-state index contributed by atoms with van der Waals surface area (Å²) in [5.41, 5.74) is 2.45. The van der Waals surface area contributed by atoms with Crippen molar-refractivity contribution in [2.75, 3.05) is 0 Å². The van der Waals surface area contributed by atoms with Crippen LogP contribution in [0.1, 0.15) is 31.5 Å². The van der Waals surface area contributed by atoms with E-state index in [9.17, 15) is 0 Å². The quantitative estimate of drug-likeness (QED) is 0.784. The Bertz CT molecular complexity index is 643. The van der Waals surface area contributed by atoms with E-state index in [1.54, 1.807) is 0 Å². The summed E-state index contributed by atoms with van der Waals surface area (Å²) in [5, 5.41) is 0. The molecule has 4 rings (SSSR count). The predicted octanol–water partition coefficient (Wildman–Crippen LogP) is 4.12. The Morgan fingerprint density at radius 1 is 1.42 bits per heavy atom. The van der Waals surface area contributed by atoms with Crippen LogP contribution in [0, 0.1) is 11.3 Å². The molecule has 0 unspecified atom stereocenters. The van der Waals surface area contributed by atoms with Gasteiger partial charge in [-0.2, -0.15) is 0 Å². The average Bonchev–Trinajstić information content (AvgIpc) is 3.27. The molecule has 100 valence electrons. The van der Waals surface area contributed by atoms with Gasteiger partial charge in [0.1, 0.15) is 11.3 Å². The standard InChI is InChI=1S/C14H15BrClN3/c15-10-5-11-13(17-7-10)19(12(6-16)18-11)8-14(3-4-14)9-1-2-9/h5,7,9H,1-4,6,8H2. The number of hydrogen-bond donors (Lipinski definition) is 0. The van der Waals surface area contributed by atoms with Gasteiger partial charge in [0.2, 0.25) is 0 Å². The molecule has 0 bridgehead atoms. The molecule has 2 aliphatic rings. The summed E-state index contributed by atoms with van der Waals surface area (Å²) in [7, 11) is 0. The third kappa shape index (κ3) is 2.00. The third-order valence-corrected chi connectivity index (χ3v) is 5.23. The van der Waals surface area contributed by atoms with E-state index in [1.807, 2.05) is 12.3 Å². The minimum Gasteiger partial charge on any atom is -0.311 e. The van der Waals surface area contributed by atoms with Crippen LogP contribution in [0.4, 0.5) is 0 Å². The van der Waals surface area contributed by atoms with Crippen LogP contribution in [0.5, 0.6) is 0 Å². The Labute approximate surface area is 125 Å². The molecule has 0 amide bonds. The molecular weight excluding hydrogens is 326 g/mol. The summed E-state index contributed by atoms with van der Waals surface area (Å²) >= 11 is 9.52. The number of fused-ring (bicyclic) bond motifs is 1. The third-order valence-electron chi connectivity index (χ3n) is 4.56. The van der Waals surface area contributed by atoms with Crippen LogP contribution >= 0.6 is 27.5 Å². The molecule has 3 nitrogen and oxygen atoms in total. The Hall–Kier alpha value is -0.610. The van der Waals surface area contributed by atoms with E-state index in [4.69, 9.17) is 11.6 Å². The molecule has 0 aliphatic heterocycles. The van der Waals surface area contributed by atoms with Crippen molar-refractivity contribution in [2.24, 2.45) is 11.3 Å². The zero-order chi connectivity index (χ0) is 13.0. The van der Waals surface area contributed by atoms with Crippen molar-refractivity contribution in [3.05, 3.63) is 22.6 Å². The smallest absolute Gasteiger partial charge is 0.160 e. The molecule has 0 aromatic carbocycles. The average molecular weight is 341 g/mol. The Kier molecular flexibility index (Phi) is 2.68. The second-order valence-electron chi connectivity index (χ2n) is 5.88. The predicted molar refractivity (Wildman–Crippen MR) is 79.2 cm³/mol. The number of nitrogens with zero attached hydrogens (tertiary/aromatic N) is 3. The van der Waals surface area contributed by atoms with Gasteiger partial charge in [-0.05, 0) is 59.0 Å². The Morgan fingerprint density at radius 2 is 2.21 bits per heavy atom. The highest BCUT2D eigenvalue weighted by atomic mass is 79.9. The van der Waals surface area contributed by atoms with Gasteiger partial charge in [-0.1, -0.05) is 0 Å². The van der Waals surface area contributed by atoms with E-state index in [1.165, 1.54) is 25.7 Å². The number of alkyl halides is 1. The summed E-state index contributed by atoms with van der Waals surface area (Å²) in [5.74, 6) is 2.34. The first-order valence-corrected chi connectivity index (χ1v) is 8.11. The minimum atomic E-state index is 0.453. The maximum absolute atomic E-state index is 6.06. The van der Waals surface area contributed by atoms with Crippen LogP contribution in [-0.2, 0) is 12.4 Å². The highest BCUT2D eigenvalue weighted by Crippen LogP contribution is 2.62. The summed E-state index contributed by atoms with van der Waals surface area (Å²) in [6.45, 7) is 1.05. The fraction of sp³-hybridized carbons (Fsp3) is 0.571. The van der Waals surface area contributed by atoms with Crippen LogP contribution in [0.15, 0.2) is 16.7 Å². The van der Waals surface area contributed by atoms with Crippen LogP contribution in [0.3, 0.4) is 0 Å². The fourth-order valence-corrected chi connectivity index (χ4v) is 3.69. The van der Waals surface area contributed by atoms with Crippen molar-refractivity contribution in [3.63, 3.8) is 0 Å². The molecule has 2 fully saturated rings. The van der Waals surface area contributed by atoms with Crippen molar-refractivity contribution < 1.29 is 0 Å². The zero-order valence-electron chi connectivity index (χ0n) is 10.6. The normalized spacial score (nSPS) is 20.9. The molecule has 19 heavy (non-hydrogen) atoms. The number of halogens is 2. The minimum absolute atomic E-state index is 0.453. The molecular formula is C14H15BrClN3. The summed E-state index contributed by atoms with van der Waals surface area (Å²) in [4.78, 5) is 9.16. The first-order valence-electron chi connectivity index (χ1n) is 6.78.